The van der Waals surface area contributed by atoms with E-state index < -0.39 is 17.4 Å². The SMILES string of the molecule is CC(C)(C(N)=O)n1c(N)nnc1SCC(=O)O. The van der Waals surface area contributed by atoms with E-state index in [9.17, 15) is 9.59 Å². The average molecular weight is 259 g/mol. The van der Waals surface area contributed by atoms with Crippen molar-refractivity contribution >= 4 is 29.6 Å². The Morgan fingerprint density at radius 3 is 2.53 bits per heavy atom. The zero-order chi connectivity index (χ0) is 13.2. The molecule has 0 aliphatic heterocycles. The minimum atomic E-state index is -1.12. The van der Waals surface area contributed by atoms with Gasteiger partial charge in [-0.25, -0.2) is 0 Å². The molecule has 1 heterocycles. The Labute approximate surface area is 101 Å². The molecule has 0 aliphatic rings. The topological polar surface area (TPSA) is 137 Å². The van der Waals surface area contributed by atoms with E-state index in [1.165, 1.54) is 4.57 Å². The predicted molar refractivity (Wildman–Crippen MR) is 61.3 cm³/mol. The molecule has 0 radical (unpaired) electrons. The van der Waals surface area contributed by atoms with Gasteiger partial charge in [0.1, 0.15) is 5.54 Å². The van der Waals surface area contributed by atoms with E-state index in [4.69, 9.17) is 16.6 Å². The van der Waals surface area contributed by atoms with Crippen LogP contribution < -0.4 is 11.5 Å². The number of hydrogen-bond acceptors (Lipinski definition) is 6. The van der Waals surface area contributed by atoms with E-state index in [2.05, 4.69) is 10.2 Å². The minimum absolute atomic E-state index is 0.0155. The van der Waals surface area contributed by atoms with E-state index in [-0.39, 0.29) is 16.9 Å². The number of carbonyl (C=O) groups excluding carboxylic acids is 1. The second-order valence-electron chi connectivity index (χ2n) is 3.78. The van der Waals surface area contributed by atoms with Crippen molar-refractivity contribution < 1.29 is 14.7 Å². The molecule has 0 aromatic carbocycles. The summed E-state index contributed by atoms with van der Waals surface area (Å²) in [6.07, 6.45) is 0. The molecule has 0 spiro atoms. The minimum Gasteiger partial charge on any atom is -0.481 e. The van der Waals surface area contributed by atoms with Gasteiger partial charge in [-0.1, -0.05) is 11.8 Å². The second kappa shape index (κ2) is 4.62. The molecule has 17 heavy (non-hydrogen) atoms. The average Bonchev–Trinajstić information content (AvgIpc) is 2.56. The molecule has 0 aliphatic carbocycles. The van der Waals surface area contributed by atoms with Crippen molar-refractivity contribution in [2.45, 2.75) is 24.5 Å². The van der Waals surface area contributed by atoms with Crippen LogP contribution in [0.3, 0.4) is 0 Å². The van der Waals surface area contributed by atoms with E-state index in [0.29, 0.717) is 0 Å². The van der Waals surface area contributed by atoms with E-state index in [1.54, 1.807) is 13.8 Å². The first-order valence-corrected chi connectivity index (χ1v) is 5.61. The van der Waals surface area contributed by atoms with Crippen LogP contribution in [0.25, 0.3) is 0 Å². The fourth-order valence-electron chi connectivity index (χ4n) is 1.14. The number of amides is 1. The second-order valence-corrected chi connectivity index (χ2v) is 4.72. The van der Waals surface area contributed by atoms with Crippen molar-refractivity contribution in [3.05, 3.63) is 0 Å². The number of carbonyl (C=O) groups is 2. The molecule has 0 atom stereocenters. The van der Waals surface area contributed by atoms with Gasteiger partial charge in [0.15, 0.2) is 5.16 Å². The van der Waals surface area contributed by atoms with E-state index in [0.717, 1.165) is 11.8 Å². The maximum absolute atomic E-state index is 11.3. The Bertz CT molecular complexity index is 456. The molecule has 94 valence electrons. The lowest BCUT2D eigenvalue weighted by molar-refractivity contribution is -0.133. The van der Waals surface area contributed by atoms with Crippen LogP contribution in [-0.2, 0) is 15.1 Å². The van der Waals surface area contributed by atoms with Gasteiger partial charge in [-0.2, -0.15) is 0 Å². The van der Waals surface area contributed by atoms with Crippen LogP contribution in [0.2, 0.25) is 0 Å². The van der Waals surface area contributed by atoms with Crippen molar-refractivity contribution in [2.75, 3.05) is 11.5 Å². The summed E-state index contributed by atoms with van der Waals surface area (Å²) in [6.45, 7) is 3.11. The third-order valence-corrected chi connectivity index (χ3v) is 3.06. The van der Waals surface area contributed by atoms with Gasteiger partial charge in [0.25, 0.3) is 0 Å². The highest BCUT2D eigenvalue weighted by molar-refractivity contribution is 7.99. The number of hydrogen-bond donors (Lipinski definition) is 3. The van der Waals surface area contributed by atoms with Crippen LogP contribution in [0, 0.1) is 0 Å². The van der Waals surface area contributed by atoms with E-state index in [1.807, 2.05) is 0 Å². The smallest absolute Gasteiger partial charge is 0.313 e. The quantitative estimate of drug-likeness (QED) is 0.592. The standard InChI is InChI=1S/C8H13N5O3S/c1-8(2,5(9)16)13-6(10)11-12-7(13)17-3-4(14)15/h3H2,1-2H3,(H2,9,16)(H2,10,11)(H,14,15). The van der Waals surface area contributed by atoms with Gasteiger partial charge >= 0.3 is 5.97 Å². The maximum atomic E-state index is 11.3. The Morgan fingerprint density at radius 1 is 1.47 bits per heavy atom. The van der Waals surface area contributed by atoms with Gasteiger partial charge in [-0.05, 0) is 13.8 Å². The Kier molecular flexibility index (Phi) is 3.61. The number of nitrogens with two attached hydrogens (primary N) is 2. The molecular weight excluding hydrogens is 246 g/mol. The summed E-state index contributed by atoms with van der Waals surface area (Å²) in [5.74, 6) is -1.80. The summed E-state index contributed by atoms with van der Waals surface area (Å²) in [7, 11) is 0. The highest BCUT2D eigenvalue weighted by Gasteiger charge is 2.32. The van der Waals surface area contributed by atoms with Gasteiger partial charge in [-0.15, -0.1) is 10.2 Å². The summed E-state index contributed by atoms with van der Waals surface area (Å²) in [6, 6.07) is 0. The molecule has 1 rings (SSSR count). The monoisotopic (exact) mass is 259 g/mol. The normalized spacial score (nSPS) is 11.4. The molecule has 5 N–H and O–H groups in total. The van der Waals surface area contributed by atoms with E-state index >= 15 is 0 Å². The molecule has 9 heteroatoms. The highest BCUT2D eigenvalue weighted by Crippen LogP contribution is 2.26. The van der Waals surface area contributed by atoms with Gasteiger partial charge < -0.3 is 16.6 Å². The number of primary amides is 1. The first-order chi connectivity index (χ1) is 7.76. The summed E-state index contributed by atoms with van der Waals surface area (Å²) in [5.41, 5.74) is 9.73. The number of nitrogens with zero attached hydrogens (tertiary/aromatic N) is 3. The molecule has 0 bridgehead atoms. The molecule has 1 amide bonds. The molecular formula is C8H13N5O3S. The first-order valence-electron chi connectivity index (χ1n) is 4.62. The molecule has 0 saturated carbocycles. The summed E-state index contributed by atoms with van der Waals surface area (Å²) < 4.78 is 1.32. The molecule has 0 unspecified atom stereocenters. The zero-order valence-electron chi connectivity index (χ0n) is 9.38. The number of aliphatic carboxylic acids is 1. The number of carboxylic acids is 1. The third-order valence-electron chi connectivity index (χ3n) is 2.15. The number of carboxylic acid groups (broad SMARTS) is 1. The van der Waals surface area contributed by atoms with Crippen molar-refractivity contribution in [3.8, 4) is 0 Å². The first kappa shape index (κ1) is 13.3. The van der Waals surface area contributed by atoms with Crippen molar-refractivity contribution in [1.29, 1.82) is 0 Å². The fraction of sp³-hybridized carbons (Fsp3) is 0.500. The van der Waals surface area contributed by atoms with Gasteiger partial charge in [0.2, 0.25) is 11.9 Å². The lowest BCUT2D eigenvalue weighted by Crippen LogP contribution is -2.42. The number of thioether (sulfide) groups is 1. The Hall–Kier alpha value is -1.77. The van der Waals surface area contributed by atoms with Gasteiger partial charge in [0, 0.05) is 0 Å². The van der Waals surface area contributed by atoms with Crippen molar-refractivity contribution in [1.82, 2.24) is 14.8 Å². The summed E-state index contributed by atoms with van der Waals surface area (Å²) >= 11 is 0.922. The number of rotatable bonds is 5. The zero-order valence-corrected chi connectivity index (χ0v) is 10.2. The molecule has 0 saturated heterocycles. The predicted octanol–water partition coefficient (Wildman–Crippen LogP) is -0.743. The lowest BCUT2D eigenvalue weighted by atomic mass is 10.1. The third kappa shape index (κ3) is 2.67. The van der Waals surface area contributed by atoms with Crippen LogP contribution in [-0.4, -0.2) is 37.5 Å². The van der Waals surface area contributed by atoms with Crippen LogP contribution >= 0.6 is 11.8 Å². The summed E-state index contributed by atoms with van der Waals surface area (Å²) in [4.78, 5) is 21.8. The number of aromatic nitrogens is 3. The Balaban J connectivity index is 3.10. The number of anilines is 1. The number of nitrogen functional groups attached to an aromatic ring is 1. The van der Waals surface area contributed by atoms with Crippen LogP contribution in [0.15, 0.2) is 5.16 Å². The Morgan fingerprint density at radius 2 is 2.06 bits per heavy atom. The van der Waals surface area contributed by atoms with Gasteiger partial charge in [0.05, 0.1) is 5.75 Å². The molecule has 1 aromatic rings. The molecule has 8 nitrogen and oxygen atoms in total. The fourth-order valence-corrected chi connectivity index (χ4v) is 1.94. The highest BCUT2D eigenvalue weighted by atomic mass is 32.2. The lowest BCUT2D eigenvalue weighted by Gasteiger charge is -2.24. The maximum Gasteiger partial charge on any atom is 0.313 e. The molecule has 1 aromatic heterocycles. The van der Waals surface area contributed by atoms with Crippen molar-refractivity contribution in [2.24, 2.45) is 5.73 Å². The van der Waals surface area contributed by atoms with Crippen LogP contribution in [0.4, 0.5) is 5.95 Å². The van der Waals surface area contributed by atoms with Crippen LogP contribution in [0.1, 0.15) is 13.8 Å². The van der Waals surface area contributed by atoms with Crippen LogP contribution in [0.5, 0.6) is 0 Å². The largest absolute Gasteiger partial charge is 0.481 e. The van der Waals surface area contributed by atoms with Gasteiger partial charge in [-0.3, -0.25) is 14.2 Å². The van der Waals surface area contributed by atoms with Crippen molar-refractivity contribution in [3.63, 3.8) is 0 Å². The molecule has 0 fully saturated rings. The summed E-state index contributed by atoms with van der Waals surface area (Å²) in [5, 5.41) is 16.2.